The molecule has 98 valence electrons. The van der Waals surface area contributed by atoms with Crippen LogP contribution in [0.25, 0.3) is 6.08 Å². The van der Waals surface area contributed by atoms with Crippen molar-refractivity contribution in [2.45, 2.75) is 0 Å². The third-order valence-electron chi connectivity index (χ3n) is 2.35. The number of carbonyl (C=O) groups excluding carboxylic acids is 3. The van der Waals surface area contributed by atoms with Crippen molar-refractivity contribution >= 4 is 23.9 Å². The van der Waals surface area contributed by atoms with Crippen molar-refractivity contribution in [2.24, 2.45) is 0 Å². The van der Waals surface area contributed by atoms with E-state index in [0.717, 1.165) is 18.2 Å². The lowest BCUT2D eigenvalue weighted by Gasteiger charge is -2.14. The molecule has 0 aliphatic carbocycles. The molecule has 0 bridgehead atoms. The van der Waals surface area contributed by atoms with Crippen LogP contribution < -0.4 is 10.6 Å². The minimum Gasteiger partial charge on any atom is -0.508 e. The summed E-state index contributed by atoms with van der Waals surface area (Å²) < 4.78 is 0. The van der Waals surface area contributed by atoms with Crippen LogP contribution in [0.3, 0.4) is 0 Å². The number of phenols is 3. The van der Waals surface area contributed by atoms with Crippen LogP contribution in [0.4, 0.5) is 4.79 Å². The topological polar surface area (TPSA) is 136 Å². The molecule has 1 aliphatic heterocycles. The number of aromatic hydroxyl groups is 3. The molecule has 0 spiro atoms. The van der Waals surface area contributed by atoms with E-state index in [4.69, 9.17) is 0 Å². The number of nitrogens with one attached hydrogen (secondary N) is 2. The summed E-state index contributed by atoms with van der Waals surface area (Å²) in [5.41, 5.74) is -0.591. The Morgan fingerprint density at radius 1 is 0.947 bits per heavy atom. The van der Waals surface area contributed by atoms with Gasteiger partial charge in [-0.25, -0.2) is 4.79 Å². The first-order valence-corrected chi connectivity index (χ1v) is 5.02. The maximum atomic E-state index is 11.4. The van der Waals surface area contributed by atoms with Gasteiger partial charge in [-0.05, 0) is 12.1 Å². The lowest BCUT2D eigenvalue weighted by atomic mass is 10.1. The third kappa shape index (κ3) is 2.32. The van der Waals surface area contributed by atoms with Crippen LogP contribution in [0.1, 0.15) is 5.56 Å². The molecule has 0 radical (unpaired) electrons. The Morgan fingerprint density at radius 3 is 2.11 bits per heavy atom. The molecule has 1 aromatic rings. The fraction of sp³-hybridized carbons (Fsp3) is 0. The summed E-state index contributed by atoms with van der Waals surface area (Å²) in [5.74, 6) is -3.48. The summed E-state index contributed by atoms with van der Waals surface area (Å²) in [7, 11) is 0. The van der Waals surface area contributed by atoms with Gasteiger partial charge in [-0.3, -0.25) is 20.2 Å². The smallest absolute Gasteiger partial charge is 0.328 e. The van der Waals surface area contributed by atoms with Crippen LogP contribution in [0.15, 0.2) is 17.7 Å². The van der Waals surface area contributed by atoms with Crippen molar-refractivity contribution in [3.8, 4) is 17.2 Å². The molecule has 0 saturated carbocycles. The average molecular weight is 264 g/mol. The lowest BCUT2D eigenvalue weighted by Crippen LogP contribution is -2.51. The highest BCUT2D eigenvalue weighted by molar-refractivity contribution is 6.31. The number of urea groups is 1. The second kappa shape index (κ2) is 4.33. The molecule has 1 fully saturated rings. The van der Waals surface area contributed by atoms with Gasteiger partial charge in [-0.15, -0.1) is 0 Å². The Labute approximate surface area is 106 Å². The molecule has 0 unspecified atom stereocenters. The normalized spacial score (nSPS) is 14.9. The first-order chi connectivity index (χ1) is 8.88. The van der Waals surface area contributed by atoms with Crippen molar-refractivity contribution < 1.29 is 29.7 Å². The van der Waals surface area contributed by atoms with Gasteiger partial charge in [0.15, 0.2) is 11.5 Å². The van der Waals surface area contributed by atoms with Gasteiger partial charge in [0.05, 0.1) is 0 Å². The minimum atomic E-state index is -0.949. The van der Waals surface area contributed by atoms with E-state index in [2.05, 4.69) is 0 Å². The summed E-state index contributed by atoms with van der Waals surface area (Å²) >= 11 is 0. The van der Waals surface area contributed by atoms with Crippen LogP contribution in [0, 0.1) is 0 Å². The highest BCUT2D eigenvalue weighted by Gasteiger charge is 2.28. The second-order valence-corrected chi connectivity index (χ2v) is 3.70. The van der Waals surface area contributed by atoms with Crippen molar-refractivity contribution in [3.05, 3.63) is 23.3 Å². The molecule has 0 aromatic heterocycles. The molecule has 19 heavy (non-hydrogen) atoms. The molecule has 1 aliphatic rings. The molecular formula is C11H8N2O6. The van der Waals surface area contributed by atoms with Crippen LogP contribution in [-0.2, 0) is 9.59 Å². The Balaban J connectivity index is 2.49. The molecular weight excluding hydrogens is 256 g/mol. The number of rotatable bonds is 1. The van der Waals surface area contributed by atoms with E-state index >= 15 is 0 Å². The van der Waals surface area contributed by atoms with E-state index in [0.29, 0.717) is 0 Å². The van der Waals surface area contributed by atoms with Gasteiger partial charge in [0.25, 0.3) is 11.8 Å². The minimum absolute atomic E-state index is 0.146. The van der Waals surface area contributed by atoms with E-state index in [9.17, 15) is 29.7 Å². The Hall–Kier alpha value is -3.03. The number of phenolic OH excluding ortho intramolecular Hbond substituents is 3. The highest BCUT2D eigenvalue weighted by Crippen LogP contribution is 2.34. The van der Waals surface area contributed by atoms with Crippen LogP contribution in [0.2, 0.25) is 0 Å². The molecule has 2 rings (SSSR count). The fourth-order valence-electron chi connectivity index (χ4n) is 1.50. The summed E-state index contributed by atoms with van der Waals surface area (Å²) in [4.78, 5) is 33.7. The molecule has 8 nitrogen and oxygen atoms in total. The van der Waals surface area contributed by atoms with E-state index in [1.165, 1.54) is 0 Å². The van der Waals surface area contributed by atoms with E-state index < -0.39 is 34.9 Å². The zero-order valence-corrected chi connectivity index (χ0v) is 9.30. The van der Waals surface area contributed by atoms with Gasteiger partial charge in [0.1, 0.15) is 11.3 Å². The van der Waals surface area contributed by atoms with E-state index in [1.807, 2.05) is 10.6 Å². The molecule has 1 saturated heterocycles. The SMILES string of the molecule is O=C1NC(=O)C(=Cc2cc(O)cc(O)c2O)C(=O)N1. The first-order valence-electron chi connectivity index (χ1n) is 5.02. The molecule has 4 amide bonds. The number of barbiturate groups is 1. The van der Waals surface area contributed by atoms with Crippen molar-refractivity contribution in [1.82, 2.24) is 10.6 Å². The molecule has 8 heteroatoms. The Morgan fingerprint density at radius 2 is 1.53 bits per heavy atom. The second-order valence-electron chi connectivity index (χ2n) is 3.70. The number of hydrogen-bond donors (Lipinski definition) is 5. The van der Waals surface area contributed by atoms with Gasteiger partial charge >= 0.3 is 6.03 Å². The number of amides is 4. The number of imide groups is 2. The van der Waals surface area contributed by atoms with Crippen molar-refractivity contribution in [2.75, 3.05) is 0 Å². The zero-order valence-electron chi connectivity index (χ0n) is 9.30. The molecule has 5 N–H and O–H groups in total. The van der Waals surface area contributed by atoms with Gasteiger partial charge in [-0.1, -0.05) is 0 Å². The van der Waals surface area contributed by atoms with Crippen LogP contribution in [0.5, 0.6) is 17.2 Å². The van der Waals surface area contributed by atoms with Crippen LogP contribution >= 0.6 is 0 Å². The predicted molar refractivity (Wildman–Crippen MR) is 61.1 cm³/mol. The largest absolute Gasteiger partial charge is 0.508 e. The molecule has 1 heterocycles. The zero-order chi connectivity index (χ0) is 14.2. The Bertz CT molecular complexity index is 612. The number of hydrogen-bond acceptors (Lipinski definition) is 6. The average Bonchev–Trinajstić information content (AvgIpc) is 2.29. The van der Waals surface area contributed by atoms with Crippen molar-refractivity contribution in [3.63, 3.8) is 0 Å². The van der Waals surface area contributed by atoms with E-state index in [1.54, 1.807) is 0 Å². The van der Waals surface area contributed by atoms with Gasteiger partial charge in [-0.2, -0.15) is 0 Å². The summed E-state index contributed by atoms with van der Waals surface area (Å²) in [6, 6.07) is 0.983. The lowest BCUT2D eigenvalue weighted by molar-refractivity contribution is -0.123. The first kappa shape index (κ1) is 12.4. The number of carbonyl (C=O) groups is 3. The number of benzene rings is 1. The standard InChI is InChI=1S/C11H8N2O6/c14-5-1-4(8(16)7(15)3-5)2-6-9(17)12-11(19)13-10(6)18/h1-3,14-16H,(H2,12,13,17,18,19). The van der Waals surface area contributed by atoms with Crippen LogP contribution in [-0.4, -0.2) is 33.2 Å². The monoisotopic (exact) mass is 264 g/mol. The summed E-state index contributed by atoms with van der Waals surface area (Å²) in [6.45, 7) is 0. The van der Waals surface area contributed by atoms with E-state index in [-0.39, 0.29) is 11.3 Å². The maximum Gasteiger partial charge on any atom is 0.328 e. The maximum absolute atomic E-state index is 11.4. The summed E-state index contributed by atoms with van der Waals surface area (Å²) in [5, 5.41) is 31.8. The molecule has 1 aromatic carbocycles. The van der Waals surface area contributed by atoms with Gasteiger partial charge < -0.3 is 15.3 Å². The quantitative estimate of drug-likeness (QED) is 0.202. The van der Waals surface area contributed by atoms with Crippen molar-refractivity contribution in [1.29, 1.82) is 0 Å². The van der Waals surface area contributed by atoms with Gasteiger partial charge in [0.2, 0.25) is 0 Å². The predicted octanol–water partition coefficient (Wildman–Crippen LogP) is -0.447. The summed E-state index contributed by atoms with van der Waals surface area (Å²) in [6.07, 6.45) is 0.936. The fourth-order valence-corrected chi connectivity index (χ4v) is 1.50. The Kier molecular flexibility index (Phi) is 2.83. The highest BCUT2D eigenvalue weighted by atomic mass is 16.3. The van der Waals surface area contributed by atoms with Gasteiger partial charge in [0, 0.05) is 11.6 Å². The third-order valence-corrected chi connectivity index (χ3v) is 2.35. The molecule has 0 atom stereocenters.